The topological polar surface area (TPSA) is 58.4 Å². The molecule has 2 heterocycles. The molecule has 1 saturated heterocycles. The summed E-state index contributed by atoms with van der Waals surface area (Å²) in [4.78, 5) is 14.2. The van der Waals surface area contributed by atoms with E-state index in [2.05, 4.69) is 10.5 Å². The van der Waals surface area contributed by atoms with Crippen LogP contribution < -0.4 is 5.32 Å². The number of hydrogen-bond acceptors (Lipinski definition) is 4. The Morgan fingerprint density at radius 1 is 1.48 bits per heavy atom. The number of rotatable bonds is 5. The molecule has 0 radical (unpaired) electrons. The average Bonchev–Trinajstić information content (AvgIpc) is 2.77. The monoisotopic (exact) mass is 335 g/mol. The smallest absolute Gasteiger partial charge is 0.229 e. The maximum Gasteiger partial charge on any atom is 0.229 e. The first-order valence-corrected chi connectivity index (χ1v) is 7.52. The fraction of sp³-hybridized carbons (Fsp3) is 0.714. The highest BCUT2D eigenvalue weighted by molar-refractivity contribution is 6.29. The lowest BCUT2D eigenvalue weighted by Crippen LogP contribution is -2.40. The lowest BCUT2D eigenvalue weighted by Gasteiger charge is -2.32. The number of nitrogens with zero attached hydrogens (tertiary/aromatic N) is 2. The van der Waals surface area contributed by atoms with Crippen LogP contribution in [-0.4, -0.2) is 42.6 Å². The van der Waals surface area contributed by atoms with Crippen LogP contribution in [0, 0.1) is 12.8 Å². The second kappa shape index (κ2) is 8.61. The van der Waals surface area contributed by atoms with Crippen LogP contribution in [0.1, 0.15) is 30.5 Å². The highest BCUT2D eigenvalue weighted by Crippen LogP contribution is 2.22. The third kappa shape index (κ3) is 4.87. The molecule has 1 amide bonds. The van der Waals surface area contributed by atoms with Gasteiger partial charge in [0.1, 0.15) is 0 Å². The van der Waals surface area contributed by atoms with Crippen LogP contribution in [0.4, 0.5) is 0 Å². The Balaban J connectivity index is 0.00000220. The molecule has 0 bridgehead atoms. The minimum absolute atomic E-state index is 0. The number of likely N-dealkylation sites (tertiary alicyclic amines) is 1. The Morgan fingerprint density at radius 2 is 2.14 bits per heavy atom. The van der Waals surface area contributed by atoms with E-state index >= 15 is 0 Å². The molecule has 0 atom stereocenters. The summed E-state index contributed by atoms with van der Waals surface area (Å²) in [6.45, 7) is 4.61. The maximum absolute atomic E-state index is 12.2. The van der Waals surface area contributed by atoms with Crippen molar-refractivity contribution in [2.24, 2.45) is 5.92 Å². The van der Waals surface area contributed by atoms with Crippen molar-refractivity contribution in [3.05, 3.63) is 16.5 Å². The summed E-state index contributed by atoms with van der Waals surface area (Å²) in [5.41, 5.74) is 1.63. The molecule has 7 heteroatoms. The minimum Gasteiger partial charge on any atom is -0.344 e. The molecule has 0 aliphatic carbocycles. The Kier molecular flexibility index (Phi) is 7.49. The summed E-state index contributed by atoms with van der Waals surface area (Å²) in [5, 5.41) is 7.31. The van der Waals surface area contributed by atoms with E-state index in [-0.39, 0.29) is 18.3 Å². The molecule has 120 valence electrons. The number of aromatic nitrogens is 1. The van der Waals surface area contributed by atoms with Gasteiger partial charge in [0.05, 0.1) is 5.69 Å². The van der Waals surface area contributed by atoms with Gasteiger partial charge >= 0.3 is 0 Å². The molecule has 0 saturated carbocycles. The van der Waals surface area contributed by atoms with Gasteiger partial charge in [0, 0.05) is 25.1 Å². The van der Waals surface area contributed by atoms with E-state index < -0.39 is 0 Å². The molecule has 0 unspecified atom stereocenters. The van der Waals surface area contributed by atoms with E-state index in [0.717, 1.165) is 43.7 Å². The maximum atomic E-state index is 12.2. The fourth-order valence-electron chi connectivity index (χ4n) is 2.71. The van der Waals surface area contributed by atoms with Gasteiger partial charge in [0.15, 0.2) is 0 Å². The molecule has 1 fully saturated rings. The molecule has 1 aromatic rings. The summed E-state index contributed by atoms with van der Waals surface area (Å²) in [5.74, 6) is 0.892. The van der Waals surface area contributed by atoms with Crippen molar-refractivity contribution in [2.45, 2.75) is 32.6 Å². The van der Waals surface area contributed by atoms with Crippen molar-refractivity contribution in [3.8, 4) is 0 Å². The van der Waals surface area contributed by atoms with Crippen LogP contribution in [-0.2, 0) is 11.2 Å². The number of amides is 1. The molecule has 1 aliphatic heterocycles. The van der Waals surface area contributed by atoms with Crippen molar-refractivity contribution in [2.75, 3.05) is 26.7 Å². The highest BCUT2D eigenvalue weighted by atomic mass is 35.5. The Morgan fingerprint density at radius 3 is 2.67 bits per heavy atom. The predicted molar refractivity (Wildman–Crippen MR) is 85.0 cm³/mol. The van der Waals surface area contributed by atoms with Gasteiger partial charge in [0.25, 0.3) is 0 Å². The SMILES string of the molecule is CNCC1CCN(C(=O)CCc2c(C)noc2Cl)CC1.Cl. The summed E-state index contributed by atoms with van der Waals surface area (Å²) >= 11 is 5.91. The van der Waals surface area contributed by atoms with Gasteiger partial charge in [-0.05, 0) is 57.3 Å². The van der Waals surface area contributed by atoms with Crippen LogP contribution >= 0.6 is 24.0 Å². The van der Waals surface area contributed by atoms with E-state index in [1.165, 1.54) is 0 Å². The zero-order valence-corrected chi connectivity index (χ0v) is 14.1. The Bertz CT molecular complexity index is 438. The zero-order valence-electron chi connectivity index (χ0n) is 12.5. The number of piperidine rings is 1. The predicted octanol–water partition coefficient (Wildman–Crippen LogP) is 2.45. The lowest BCUT2D eigenvalue weighted by molar-refractivity contribution is -0.132. The normalized spacial score (nSPS) is 15.9. The number of carbonyl (C=O) groups excluding carboxylic acids is 1. The second-order valence-electron chi connectivity index (χ2n) is 5.40. The van der Waals surface area contributed by atoms with Gasteiger partial charge in [-0.25, -0.2) is 0 Å². The summed E-state index contributed by atoms with van der Waals surface area (Å²) in [6.07, 6.45) is 3.24. The van der Waals surface area contributed by atoms with Crippen LogP contribution in [0.3, 0.4) is 0 Å². The first-order valence-electron chi connectivity index (χ1n) is 7.14. The van der Waals surface area contributed by atoms with Gasteiger partial charge < -0.3 is 14.7 Å². The van der Waals surface area contributed by atoms with Gasteiger partial charge in [-0.1, -0.05) is 5.16 Å². The fourth-order valence-corrected chi connectivity index (χ4v) is 2.97. The third-order valence-electron chi connectivity index (χ3n) is 3.99. The van der Waals surface area contributed by atoms with Crippen LogP contribution in [0.25, 0.3) is 0 Å². The summed E-state index contributed by atoms with van der Waals surface area (Å²) in [7, 11) is 1.97. The van der Waals surface area contributed by atoms with Crippen molar-refractivity contribution < 1.29 is 9.32 Å². The summed E-state index contributed by atoms with van der Waals surface area (Å²) in [6, 6.07) is 0. The molecular weight excluding hydrogens is 313 g/mol. The third-order valence-corrected chi connectivity index (χ3v) is 4.28. The van der Waals surface area contributed by atoms with E-state index in [9.17, 15) is 4.79 Å². The van der Waals surface area contributed by atoms with E-state index in [1.54, 1.807) is 0 Å². The molecular formula is C14H23Cl2N3O2. The number of carbonyl (C=O) groups is 1. The highest BCUT2D eigenvalue weighted by Gasteiger charge is 2.22. The van der Waals surface area contributed by atoms with E-state index in [0.29, 0.717) is 24.0 Å². The molecule has 2 rings (SSSR count). The largest absolute Gasteiger partial charge is 0.344 e. The van der Waals surface area contributed by atoms with Gasteiger partial charge in [-0.15, -0.1) is 12.4 Å². The molecule has 0 aromatic carbocycles. The van der Waals surface area contributed by atoms with Gasteiger partial charge in [-0.2, -0.15) is 0 Å². The molecule has 1 N–H and O–H groups in total. The van der Waals surface area contributed by atoms with Crippen molar-refractivity contribution in [1.82, 2.24) is 15.4 Å². The Hall–Kier alpha value is -0.780. The molecule has 1 aliphatic rings. The van der Waals surface area contributed by atoms with Crippen molar-refractivity contribution in [3.63, 3.8) is 0 Å². The minimum atomic E-state index is 0. The second-order valence-corrected chi connectivity index (χ2v) is 5.75. The van der Waals surface area contributed by atoms with Crippen LogP contribution in [0.2, 0.25) is 5.22 Å². The van der Waals surface area contributed by atoms with Crippen molar-refractivity contribution >= 4 is 29.9 Å². The number of hydrogen-bond donors (Lipinski definition) is 1. The first kappa shape index (κ1) is 18.3. The quantitative estimate of drug-likeness (QED) is 0.897. The lowest BCUT2D eigenvalue weighted by atomic mass is 9.96. The molecule has 1 aromatic heterocycles. The van der Waals surface area contributed by atoms with Crippen molar-refractivity contribution in [1.29, 1.82) is 0 Å². The number of halogens is 2. The Labute approximate surface area is 136 Å². The number of nitrogens with one attached hydrogen (secondary N) is 1. The average molecular weight is 336 g/mol. The first-order chi connectivity index (χ1) is 9.61. The molecule has 5 nitrogen and oxygen atoms in total. The molecule has 0 spiro atoms. The molecule has 21 heavy (non-hydrogen) atoms. The van der Waals surface area contributed by atoms with Gasteiger partial charge in [-0.3, -0.25) is 4.79 Å². The van der Waals surface area contributed by atoms with E-state index in [4.69, 9.17) is 16.1 Å². The number of aryl methyl sites for hydroxylation is 1. The van der Waals surface area contributed by atoms with E-state index in [1.807, 2.05) is 18.9 Å². The van der Waals surface area contributed by atoms with Crippen LogP contribution in [0.5, 0.6) is 0 Å². The summed E-state index contributed by atoms with van der Waals surface area (Å²) < 4.78 is 4.90. The standard InChI is InChI=1S/C14H22ClN3O2.ClH/c1-10-12(14(15)20-17-10)3-4-13(19)18-7-5-11(6-8-18)9-16-2;/h11,16H,3-9H2,1-2H3;1H. The van der Waals surface area contributed by atoms with Crippen LogP contribution in [0.15, 0.2) is 4.52 Å². The zero-order chi connectivity index (χ0) is 14.5. The van der Waals surface area contributed by atoms with Gasteiger partial charge in [0.2, 0.25) is 11.1 Å².